The van der Waals surface area contributed by atoms with E-state index < -0.39 is 0 Å². The van der Waals surface area contributed by atoms with Crippen molar-refractivity contribution in [3.05, 3.63) is 12.2 Å². The van der Waals surface area contributed by atoms with E-state index in [-0.39, 0.29) is 0 Å². The molecule has 0 heterocycles. The van der Waals surface area contributed by atoms with E-state index in [1.807, 2.05) is 0 Å². The summed E-state index contributed by atoms with van der Waals surface area (Å²) in [6.07, 6.45) is 21.1. The van der Waals surface area contributed by atoms with E-state index >= 15 is 0 Å². The molecule has 0 radical (unpaired) electrons. The van der Waals surface area contributed by atoms with Gasteiger partial charge >= 0.3 is 0 Å². The molecule has 2 aliphatic carbocycles. The van der Waals surface area contributed by atoms with Gasteiger partial charge in [-0.1, -0.05) is 57.6 Å². The molecule has 0 aromatic heterocycles. The predicted molar refractivity (Wildman–Crippen MR) is 76.1 cm³/mol. The zero-order valence-corrected chi connectivity index (χ0v) is 11.7. The zero-order valence-electron chi connectivity index (χ0n) is 11.7. The Balaban J connectivity index is 1.69. The first-order valence-electron chi connectivity index (χ1n) is 8.06. The maximum Gasteiger partial charge on any atom is -0.0233 e. The van der Waals surface area contributed by atoms with Crippen molar-refractivity contribution in [2.24, 2.45) is 17.8 Å². The predicted octanol–water partition coefficient (Wildman–Crippen LogP) is 5.73. The fourth-order valence-corrected chi connectivity index (χ4v) is 3.87. The van der Waals surface area contributed by atoms with Crippen LogP contribution in [0.3, 0.4) is 0 Å². The summed E-state index contributed by atoms with van der Waals surface area (Å²) in [6, 6.07) is 0. The van der Waals surface area contributed by atoms with Gasteiger partial charge in [0.25, 0.3) is 0 Å². The van der Waals surface area contributed by atoms with Gasteiger partial charge in [0.2, 0.25) is 0 Å². The van der Waals surface area contributed by atoms with Crippen molar-refractivity contribution >= 4 is 0 Å². The van der Waals surface area contributed by atoms with Gasteiger partial charge in [0, 0.05) is 0 Å². The summed E-state index contributed by atoms with van der Waals surface area (Å²) in [5, 5.41) is 0. The molecule has 0 heteroatoms. The molecule has 0 aromatic rings. The van der Waals surface area contributed by atoms with E-state index in [1.54, 1.807) is 12.8 Å². The van der Waals surface area contributed by atoms with Crippen LogP contribution >= 0.6 is 0 Å². The summed E-state index contributed by atoms with van der Waals surface area (Å²) in [7, 11) is 0. The molecule has 0 N–H and O–H groups in total. The lowest BCUT2D eigenvalue weighted by atomic mass is 9.71. The van der Waals surface area contributed by atoms with Gasteiger partial charge in [-0.3, -0.25) is 0 Å². The second-order valence-corrected chi connectivity index (χ2v) is 6.29. The molecule has 2 rings (SSSR count). The van der Waals surface area contributed by atoms with Gasteiger partial charge in [-0.25, -0.2) is 0 Å². The van der Waals surface area contributed by atoms with E-state index in [1.165, 1.54) is 57.8 Å². The number of hydrogen-bond acceptors (Lipinski definition) is 0. The van der Waals surface area contributed by atoms with Crippen LogP contribution < -0.4 is 0 Å². The van der Waals surface area contributed by atoms with E-state index in [9.17, 15) is 0 Å². The van der Waals surface area contributed by atoms with Crippen LogP contribution in [0.2, 0.25) is 0 Å². The normalized spacial score (nSPS) is 32.1. The molecule has 17 heavy (non-hydrogen) atoms. The molecular weight excluding hydrogens is 204 g/mol. The highest BCUT2D eigenvalue weighted by Crippen LogP contribution is 2.40. The summed E-state index contributed by atoms with van der Waals surface area (Å²) in [5.74, 6) is 3.11. The highest BCUT2D eigenvalue weighted by Gasteiger charge is 2.27. The summed E-state index contributed by atoms with van der Waals surface area (Å²) < 4.78 is 0. The Labute approximate surface area is 108 Å². The van der Waals surface area contributed by atoms with E-state index in [4.69, 9.17) is 0 Å². The highest BCUT2D eigenvalue weighted by atomic mass is 14.3. The number of unbranched alkanes of at least 4 members (excludes halogenated alkanes) is 1. The van der Waals surface area contributed by atoms with Crippen LogP contribution in [0.5, 0.6) is 0 Å². The lowest BCUT2D eigenvalue weighted by Gasteiger charge is -2.35. The first kappa shape index (κ1) is 13.2. The van der Waals surface area contributed by atoms with Gasteiger partial charge < -0.3 is 0 Å². The maximum absolute atomic E-state index is 2.51. The lowest BCUT2D eigenvalue weighted by Crippen LogP contribution is -2.23. The van der Waals surface area contributed by atoms with Crippen LogP contribution in [0, 0.1) is 17.8 Å². The first-order valence-corrected chi connectivity index (χ1v) is 8.06. The Bertz CT molecular complexity index is 214. The SMILES string of the molecule is CCC/C=C/C1CCC(C2CCCCC2)CC1. The van der Waals surface area contributed by atoms with Gasteiger partial charge in [0.15, 0.2) is 0 Å². The van der Waals surface area contributed by atoms with E-state index in [2.05, 4.69) is 19.1 Å². The van der Waals surface area contributed by atoms with E-state index in [0.29, 0.717) is 0 Å². The Kier molecular flexibility index (Phi) is 5.61. The molecule has 0 atom stereocenters. The Hall–Kier alpha value is -0.260. The lowest BCUT2D eigenvalue weighted by molar-refractivity contribution is 0.180. The first-order chi connectivity index (χ1) is 8.40. The van der Waals surface area contributed by atoms with Crippen LogP contribution in [0.15, 0.2) is 12.2 Å². The third-order valence-corrected chi connectivity index (χ3v) is 5.00. The second kappa shape index (κ2) is 7.24. The maximum atomic E-state index is 2.51. The average molecular weight is 234 g/mol. The van der Waals surface area contributed by atoms with Crippen molar-refractivity contribution < 1.29 is 0 Å². The van der Waals surface area contributed by atoms with Gasteiger partial charge in [-0.2, -0.15) is 0 Å². The fourth-order valence-electron chi connectivity index (χ4n) is 3.87. The minimum atomic E-state index is 0.918. The third kappa shape index (κ3) is 4.16. The smallest absolute Gasteiger partial charge is 0.0233 e. The van der Waals surface area contributed by atoms with Gasteiger partial charge in [-0.15, -0.1) is 0 Å². The van der Waals surface area contributed by atoms with E-state index in [0.717, 1.165) is 17.8 Å². The minimum Gasteiger partial charge on any atom is -0.0883 e. The van der Waals surface area contributed by atoms with Crippen molar-refractivity contribution in [3.8, 4) is 0 Å². The molecule has 0 saturated heterocycles. The molecule has 2 saturated carbocycles. The van der Waals surface area contributed by atoms with Gasteiger partial charge in [-0.05, 0) is 49.9 Å². The fraction of sp³-hybridized carbons (Fsp3) is 0.882. The highest BCUT2D eigenvalue weighted by molar-refractivity contribution is 4.92. The molecule has 0 nitrogen and oxygen atoms in total. The van der Waals surface area contributed by atoms with Gasteiger partial charge in [0.05, 0.1) is 0 Å². The average Bonchev–Trinajstić information content (AvgIpc) is 2.41. The van der Waals surface area contributed by atoms with Crippen LogP contribution in [0.4, 0.5) is 0 Å². The summed E-state index contributed by atoms with van der Waals surface area (Å²) >= 11 is 0. The minimum absolute atomic E-state index is 0.918. The molecule has 0 unspecified atom stereocenters. The Morgan fingerprint density at radius 2 is 1.47 bits per heavy atom. The molecule has 2 aliphatic rings. The van der Waals surface area contributed by atoms with Crippen molar-refractivity contribution in [2.45, 2.75) is 77.6 Å². The Morgan fingerprint density at radius 3 is 2.12 bits per heavy atom. The molecule has 0 amide bonds. The van der Waals surface area contributed by atoms with Gasteiger partial charge in [0.1, 0.15) is 0 Å². The van der Waals surface area contributed by atoms with Crippen molar-refractivity contribution in [1.82, 2.24) is 0 Å². The number of allylic oxidation sites excluding steroid dienone is 2. The molecule has 0 aromatic carbocycles. The topological polar surface area (TPSA) is 0 Å². The Morgan fingerprint density at radius 1 is 0.824 bits per heavy atom. The van der Waals surface area contributed by atoms with Crippen LogP contribution in [0.1, 0.15) is 77.6 Å². The summed E-state index contributed by atoms with van der Waals surface area (Å²) in [4.78, 5) is 0. The second-order valence-electron chi connectivity index (χ2n) is 6.29. The summed E-state index contributed by atoms with van der Waals surface area (Å²) in [5.41, 5.74) is 0. The van der Waals surface area contributed by atoms with Crippen LogP contribution in [-0.2, 0) is 0 Å². The quantitative estimate of drug-likeness (QED) is 0.545. The molecule has 0 bridgehead atoms. The van der Waals surface area contributed by atoms with Crippen molar-refractivity contribution in [1.29, 1.82) is 0 Å². The van der Waals surface area contributed by atoms with Crippen molar-refractivity contribution in [3.63, 3.8) is 0 Å². The molecule has 98 valence electrons. The van der Waals surface area contributed by atoms with Crippen LogP contribution in [0.25, 0.3) is 0 Å². The zero-order chi connectivity index (χ0) is 11.9. The molecule has 2 fully saturated rings. The summed E-state index contributed by atoms with van der Waals surface area (Å²) in [6.45, 7) is 2.27. The molecular formula is C17H30. The largest absolute Gasteiger partial charge is 0.0883 e. The molecule has 0 spiro atoms. The number of rotatable bonds is 4. The van der Waals surface area contributed by atoms with Crippen LogP contribution in [-0.4, -0.2) is 0 Å². The monoisotopic (exact) mass is 234 g/mol. The molecule has 0 aliphatic heterocycles. The van der Waals surface area contributed by atoms with Crippen molar-refractivity contribution in [2.75, 3.05) is 0 Å². The third-order valence-electron chi connectivity index (χ3n) is 5.00. The number of hydrogen-bond donors (Lipinski definition) is 0. The standard InChI is InChI=1S/C17H30/c1-2-3-5-8-15-11-13-17(14-12-15)16-9-6-4-7-10-16/h5,8,15-17H,2-4,6-7,9-14H2,1H3/b8-5+.